The summed E-state index contributed by atoms with van der Waals surface area (Å²) < 4.78 is 0. The predicted octanol–water partition coefficient (Wildman–Crippen LogP) is 8.75. The number of carbonyl (C=O) groups is 1. The monoisotopic (exact) mass is 446 g/mol. The minimum atomic E-state index is -0.878. The molecule has 0 aromatic heterocycles. The minimum absolute atomic E-state index is 0.334. The van der Waals surface area contributed by atoms with Crippen molar-refractivity contribution in [3.05, 3.63) is 69.8 Å². The maximum atomic E-state index is 11.2. The molecule has 0 amide bonds. The van der Waals surface area contributed by atoms with Crippen molar-refractivity contribution in [2.24, 2.45) is 5.41 Å². The summed E-state index contributed by atoms with van der Waals surface area (Å²) in [4.78, 5) is 11.2. The molecule has 0 fully saturated rings. The van der Waals surface area contributed by atoms with Crippen molar-refractivity contribution in [2.45, 2.75) is 98.3 Å². The molecular formula is C31H42O2. The third-order valence-corrected chi connectivity index (χ3v) is 7.33. The average molecular weight is 447 g/mol. The smallest absolute Gasteiger partial charge is 0.335 e. The van der Waals surface area contributed by atoms with Gasteiger partial charge >= 0.3 is 5.97 Å². The van der Waals surface area contributed by atoms with E-state index in [4.69, 9.17) is 0 Å². The molecule has 1 N–H and O–H groups in total. The van der Waals surface area contributed by atoms with E-state index < -0.39 is 5.97 Å². The SMILES string of the molecule is CCCCCCCCc1cc2c(cc1/C(C)=C/c1ccc(C(=O)O)cc1)CCC(C)(C)CC2. The van der Waals surface area contributed by atoms with Gasteiger partial charge in [0.05, 0.1) is 5.56 Å². The first-order chi connectivity index (χ1) is 15.8. The Morgan fingerprint density at radius 3 is 2.18 bits per heavy atom. The molecule has 2 nitrogen and oxygen atoms in total. The average Bonchev–Trinajstić information content (AvgIpc) is 2.93. The van der Waals surface area contributed by atoms with Crippen LogP contribution in [0.2, 0.25) is 0 Å². The van der Waals surface area contributed by atoms with Crippen LogP contribution < -0.4 is 0 Å². The van der Waals surface area contributed by atoms with E-state index in [9.17, 15) is 9.90 Å². The third-order valence-electron chi connectivity index (χ3n) is 7.33. The van der Waals surface area contributed by atoms with E-state index in [1.807, 2.05) is 12.1 Å². The number of hydrogen-bond acceptors (Lipinski definition) is 1. The van der Waals surface area contributed by atoms with E-state index in [0.717, 1.165) is 18.4 Å². The maximum absolute atomic E-state index is 11.2. The van der Waals surface area contributed by atoms with Crippen molar-refractivity contribution in [3.8, 4) is 0 Å². The number of carboxylic acid groups (broad SMARTS) is 1. The van der Waals surface area contributed by atoms with Gasteiger partial charge in [-0.15, -0.1) is 0 Å². The summed E-state index contributed by atoms with van der Waals surface area (Å²) >= 11 is 0. The van der Waals surface area contributed by atoms with Crippen LogP contribution >= 0.6 is 0 Å². The molecule has 2 heteroatoms. The van der Waals surface area contributed by atoms with Crippen molar-refractivity contribution in [2.75, 3.05) is 0 Å². The molecular weight excluding hydrogens is 404 g/mol. The summed E-state index contributed by atoms with van der Waals surface area (Å²) in [6.45, 7) is 9.29. The fraction of sp³-hybridized carbons (Fsp3) is 0.516. The van der Waals surface area contributed by atoms with E-state index in [1.165, 1.54) is 80.1 Å². The lowest BCUT2D eigenvalue weighted by atomic mass is 9.85. The molecule has 0 saturated heterocycles. The summed E-state index contributed by atoms with van der Waals surface area (Å²) in [5.74, 6) is -0.878. The van der Waals surface area contributed by atoms with Crippen LogP contribution in [-0.4, -0.2) is 11.1 Å². The number of allylic oxidation sites excluding steroid dienone is 1. The number of aryl methyl sites for hydroxylation is 3. The van der Waals surface area contributed by atoms with Crippen LogP contribution in [0.5, 0.6) is 0 Å². The van der Waals surface area contributed by atoms with E-state index in [-0.39, 0.29) is 0 Å². The Morgan fingerprint density at radius 2 is 1.55 bits per heavy atom. The first-order valence-electron chi connectivity index (χ1n) is 13.0. The molecule has 178 valence electrons. The molecule has 0 saturated carbocycles. The zero-order valence-electron chi connectivity index (χ0n) is 21.2. The van der Waals surface area contributed by atoms with Gasteiger partial charge in [-0.3, -0.25) is 0 Å². The molecule has 2 aromatic carbocycles. The third kappa shape index (κ3) is 7.32. The van der Waals surface area contributed by atoms with Gasteiger partial charge in [0.25, 0.3) is 0 Å². The van der Waals surface area contributed by atoms with Gasteiger partial charge < -0.3 is 5.11 Å². The minimum Gasteiger partial charge on any atom is -0.478 e. The molecule has 1 aliphatic carbocycles. The van der Waals surface area contributed by atoms with Crippen molar-refractivity contribution < 1.29 is 9.90 Å². The summed E-state index contributed by atoms with van der Waals surface area (Å²) in [6.07, 6.45) is 16.1. The van der Waals surface area contributed by atoms with Crippen LogP contribution in [0.3, 0.4) is 0 Å². The van der Waals surface area contributed by atoms with Crippen LogP contribution in [0.25, 0.3) is 11.6 Å². The lowest BCUT2D eigenvalue weighted by Crippen LogP contribution is -2.10. The normalized spacial score (nSPS) is 15.7. The number of rotatable bonds is 10. The molecule has 0 bridgehead atoms. The predicted molar refractivity (Wildman–Crippen MR) is 141 cm³/mol. The fourth-order valence-corrected chi connectivity index (χ4v) is 5.00. The number of carboxylic acids is 1. The highest BCUT2D eigenvalue weighted by atomic mass is 16.4. The first-order valence-corrected chi connectivity index (χ1v) is 13.0. The molecule has 0 heterocycles. The second kappa shape index (κ2) is 11.7. The Bertz CT molecular complexity index is 963. The molecule has 0 aliphatic heterocycles. The lowest BCUT2D eigenvalue weighted by molar-refractivity contribution is 0.0697. The van der Waals surface area contributed by atoms with Crippen molar-refractivity contribution in [1.29, 1.82) is 0 Å². The number of unbranched alkanes of at least 4 members (excludes halogenated alkanes) is 5. The Hall–Kier alpha value is -2.35. The zero-order valence-corrected chi connectivity index (χ0v) is 21.2. The van der Waals surface area contributed by atoms with E-state index in [0.29, 0.717) is 11.0 Å². The molecule has 3 rings (SSSR count). The van der Waals surface area contributed by atoms with Crippen molar-refractivity contribution in [3.63, 3.8) is 0 Å². The summed E-state index contributed by atoms with van der Waals surface area (Å²) in [6, 6.07) is 12.2. The van der Waals surface area contributed by atoms with Gasteiger partial charge in [0.15, 0.2) is 0 Å². The summed E-state index contributed by atoms with van der Waals surface area (Å²) in [7, 11) is 0. The second-order valence-electron chi connectivity index (χ2n) is 10.7. The van der Waals surface area contributed by atoms with Crippen LogP contribution in [0.4, 0.5) is 0 Å². The van der Waals surface area contributed by atoms with Crippen molar-refractivity contribution >= 4 is 17.6 Å². The van der Waals surface area contributed by atoms with Crippen LogP contribution in [0.1, 0.15) is 117 Å². The number of fused-ring (bicyclic) bond motifs is 1. The molecule has 0 spiro atoms. The van der Waals surface area contributed by atoms with Crippen LogP contribution in [0.15, 0.2) is 36.4 Å². The standard InChI is InChI=1S/C31H42O2/c1-5-6-7-8-9-10-11-28-21-26-16-18-31(3,4)19-17-27(26)22-29(28)23(2)20-24-12-14-25(15-13-24)30(32)33/h12-15,20-22H,5-11,16-19H2,1-4H3,(H,32,33)/b23-20+. The van der Waals surface area contributed by atoms with Gasteiger partial charge in [-0.2, -0.15) is 0 Å². The highest BCUT2D eigenvalue weighted by Crippen LogP contribution is 2.36. The molecule has 1 aliphatic rings. The highest BCUT2D eigenvalue weighted by Gasteiger charge is 2.23. The molecule has 33 heavy (non-hydrogen) atoms. The van der Waals surface area contributed by atoms with Gasteiger partial charge in [-0.05, 0) is 96.4 Å². The van der Waals surface area contributed by atoms with Gasteiger partial charge in [-0.1, -0.05) is 83.2 Å². The fourth-order valence-electron chi connectivity index (χ4n) is 5.00. The topological polar surface area (TPSA) is 37.3 Å². The van der Waals surface area contributed by atoms with Gasteiger partial charge in [0.1, 0.15) is 0 Å². The quantitative estimate of drug-likeness (QED) is 0.225. The van der Waals surface area contributed by atoms with E-state index in [1.54, 1.807) is 17.7 Å². The van der Waals surface area contributed by atoms with E-state index in [2.05, 4.69) is 45.9 Å². The zero-order chi connectivity index (χ0) is 23.8. The summed E-state index contributed by atoms with van der Waals surface area (Å²) in [5, 5.41) is 9.18. The van der Waals surface area contributed by atoms with Crippen LogP contribution in [0, 0.1) is 5.41 Å². The van der Waals surface area contributed by atoms with Crippen LogP contribution in [-0.2, 0) is 19.3 Å². The van der Waals surface area contributed by atoms with E-state index >= 15 is 0 Å². The Morgan fingerprint density at radius 1 is 0.939 bits per heavy atom. The Balaban J connectivity index is 1.86. The second-order valence-corrected chi connectivity index (χ2v) is 10.7. The highest BCUT2D eigenvalue weighted by molar-refractivity contribution is 5.88. The molecule has 0 unspecified atom stereocenters. The van der Waals surface area contributed by atoms with Crippen molar-refractivity contribution in [1.82, 2.24) is 0 Å². The largest absolute Gasteiger partial charge is 0.478 e. The Kier molecular flexibility index (Phi) is 8.95. The summed E-state index contributed by atoms with van der Waals surface area (Å²) in [5.41, 5.74) is 9.02. The number of hydrogen-bond donors (Lipinski definition) is 1. The van der Waals surface area contributed by atoms with Gasteiger partial charge in [0, 0.05) is 0 Å². The van der Waals surface area contributed by atoms with Gasteiger partial charge in [0.2, 0.25) is 0 Å². The maximum Gasteiger partial charge on any atom is 0.335 e. The Labute approximate surface area is 201 Å². The number of aromatic carboxylic acids is 1. The molecule has 2 aromatic rings. The number of benzene rings is 2. The lowest BCUT2D eigenvalue weighted by Gasteiger charge is -2.21. The molecule has 0 radical (unpaired) electrons. The molecule has 0 atom stereocenters. The van der Waals surface area contributed by atoms with Gasteiger partial charge in [-0.25, -0.2) is 4.79 Å². The first kappa shape index (κ1) is 25.3.